The molecule has 0 bridgehead atoms. The second kappa shape index (κ2) is 3.43. The number of carboxylic acid groups (broad SMARTS) is 1. The van der Waals surface area contributed by atoms with Gasteiger partial charge in [-0.3, -0.25) is 4.79 Å². The first-order chi connectivity index (χ1) is 7.47. The molecule has 0 heterocycles. The summed E-state index contributed by atoms with van der Waals surface area (Å²) in [6, 6.07) is 3.36. The highest BCUT2D eigenvalue weighted by molar-refractivity contribution is 5.86. The standard InChI is InChI=1S/C11H10F2O3/c12-9(13)6-1-2-7(8(14)5-6)11(3-4-11)10(15)16/h1-2,5,9,14H,3-4H2,(H,15,16). The highest BCUT2D eigenvalue weighted by Gasteiger charge is 2.53. The molecule has 1 saturated carbocycles. The van der Waals surface area contributed by atoms with Gasteiger partial charge < -0.3 is 10.2 Å². The zero-order valence-electron chi connectivity index (χ0n) is 8.28. The third-order valence-corrected chi connectivity index (χ3v) is 2.95. The van der Waals surface area contributed by atoms with Gasteiger partial charge in [0.2, 0.25) is 0 Å². The molecule has 1 aliphatic rings. The van der Waals surface area contributed by atoms with Crippen LogP contribution < -0.4 is 0 Å². The minimum Gasteiger partial charge on any atom is -0.508 e. The zero-order chi connectivity index (χ0) is 11.9. The molecule has 5 heteroatoms. The number of carbonyl (C=O) groups is 1. The molecule has 0 atom stereocenters. The van der Waals surface area contributed by atoms with Crippen LogP contribution in [0.1, 0.15) is 30.4 Å². The van der Waals surface area contributed by atoms with E-state index >= 15 is 0 Å². The SMILES string of the molecule is O=C(O)C1(c2ccc(C(F)F)cc2O)CC1. The normalized spacial score (nSPS) is 17.4. The number of rotatable bonds is 3. The number of alkyl halides is 2. The summed E-state index contributed by atoms with van der Waals surface area (Å²) in [5.41, 5.74) is -1.14. The molecule has 0 radical (unpaired) electrons. The van der Waals surface area contributed by atoms with Crippen molar-refractivity contribution in [3.63, 3.8) is 0 Å². The average molecular weight is 228 g/mol. The molecule has 1 aromatic rings. The van der Waals surface area contributed by atoms with E-state index in [2.05, 4.69) is 0 Å². The van der Waals surface area contributed by atoms with Gasteiger partial charge in [-0.2, -0.15) is 0 Å². The lowest BCUT2D eigenvalue weighted by atomic mass is 9.94. The molecule has 1 fully saturated rings. The number of carboxylic acids is 1. The van der Waals surface area contributed by atoms with Crippen molar-refractivity contribution < 1.29 is 23.8 Å². The summed E-state index contributed by atoms with van der Waals surface area (Å²) in [7, 11) is 0. The van der Waals surface area contributed by atoms with E-state index in [4.69, 9.17) is 5.11 Å². The van der Waals surface area contributed by atoms with Crippen molar-refractivity contribution in [1.82, 2.24) is 0 Å². The quantitative estimate of drug-likeness (QED) is 0.835. The minimum absolute atomic E-state index is 0.226. The largest absolute Gasteiger partial charge is 0.508 e. The van der Waals surface area contributed by atoms with E-state index < -0.39 is 17.8 Å². The van der Waals surface area contributed by atoms with E-state index in [-0.39, 0.29) is 16.9 Å². The van der Waals surface area contributed by atoms with Crippen molar-refractivity contribution in [2.75, 3.05) is 0 Å². The Kier molecular flexibility index (Phi) is 2.33. The van der Waals surface area contributed by atoms with Gasteiger partial charge in [-0.05, 0) is 18.9 Å². The second-order valence-electron chi connectivity index (χ2n) is 3.96. The van der Waals surface area contributed by atoms with Gasteiger partial charge in [-0.25, -0.2) is 8.78 Å². The number of aromatic hydroxyl groups is 1. The molecular weight excluding hydrogens is 218 g/mol. The smallest absolute Gasteiger partial charge is 0.314 e. The maximum Gasteiger partial charge on any atom is 0.314 e. The highest BCUT2D eigenvalue weighted by atomic mass is 19.3. The number of phenols is 1. The molecule has 86 valence electrons. The molecule has 0 spiro atoms. The first-order valence-electron chi connectivity index (χ1n) is 4.82. The number of aliphatic carboxylic acids is 1. The summed E-state index contributed by atoms with van der Waals surface area (Å²) in [6.07, 6.45) is -1.80. The Morgan fingerprint density at radius 2 is 2.00 bits per heavy atom. The van der Waals surface area contributed by atoms with Gasteiger partial charge >= 0.3 is 5.97 Å². The van der Waals surface area contributed by atoms with Gasteiger partial charge in [0.05, 0.1) is 5.41 Å². The molecule has 1 aromatic carbocycles. The Labute approximate surface area is 90.3 Å². The second-order valence-corrected chi connectivity index (χ2v) is 3.96. The fourth-order valence-corrected chi connectivity index (χ4v) is 1.81. The van der Waals surface area contributed by atoms with Crippen LogP contribution in [0, 0.1) is 0 Å². The third-order valence-electron chi connectivity index (χ3n) is 2.95. The van der Waals surface area contributed by atoms with Gasteiger partial charge in [0.15, 0.2) is 0 Å². The Morgan fingerprint density at radius 1 is 1.38 bits per heavy atom. The number of hydrogen-bond acceptors (Lipinski definition) is 2. The molecule has 3 nitrogen and oxygen atoms in total. The predicted molar refractivity (Wildman–Crippen MR) is 51.6 cm³/mol. The van der Waals surface area contributed by atoms with Gasteiger partial charge in [0, 0.05) is 11.1 Å². The van der Waals surface area contributed by atoms with Crippen LogP contribution in [0.5, 0.6) is 5.75 Å². The molecule has 16 heavy (non-hydrogen) atoms. The number of benzene rings is 1. The maximum absolute atomic E-state index is 12.3. The van der Waals surface area contributed by atoms with Crippen LogP contribution in [-0.2, 0) is 10.2 Å². The lowest BCUT2D eigenvalue weighted by molar-refractivity contribution is -0.140. The lowest BCUT2D eigenvalue weighted by Gasteiger charge is -2.13. The Hall–Kier alpha value is -1.65. The number of hydrogen-bond donors (Lipinski definition) is 2. The highest BCUT2D eigenvalue weighted by Crippen LogP contribution is 2.51. The summed E-state index contributed by atoms with van der Waals surface area (Å²) >= 11 is 0. The van der Waals surface area contributed by atoms with Crippen molar-refractivity contribution in [1.29, 1.82) is 0 Å². The predicted octanol–water partition coefficient (Wildman–Crippen LogP) is 2.45. The molecule has 0 aliphatic heterocycles. The third kappa shape index (κ3) is 1.52. The molecular formula is C11H10F2O3. The number of halogens is 2. The summed E-state index contributed by atoms with van der Waals surface area (Å²) in [6.45, 7) is 0. The van der Waals surface area contributed by atoms with Gasteiger partial charge in [0.25, 0.3) is 6.43 Å². The van der Waals surface area contributed by atoms with Crippen LogP contribution in [-0.4, -0.2) is 16.2 Å². The van der Waals surface area contributed by atoms with E-state index in [1.54, 1.807) is 0 Å². The van der Waals surface area contributed by atoms with E-state index in [1.807, 2.05) is 0 Å². The van der Waals surface area contributed by atoms with Gasteiger partial charge in [-0.15, -0.1) is 0 Å². The monoisotopic (exact) mass is 228 g/mol. The van der Waals surface area contributed by atoms with Crippen molar-refractivity contribution in [2.24, 2.45) is 0 Å². The first kappa shape index (κ1) is 10.9. The fourth-order valence-electron chi connectivity index (χ4n) is 1.81. The van der Waals surface area contributed by atoms with E-state index in [1.165, 1.54) is 6.07 Å². The van der Waals surface area contributed by atoms with Crippen LogP contribution >= 0.6 is 0 Å². The molecule has 2 rings (SSSR count). The summed E-state index contributed by atoms with van der Waals surface area (Å²) < 4.78 is 24.6. The average Bonchev–Trinajstić information content (AvgIpc) is 2.98. The minimum atomic E-state index is -2.67. The van der Waals surface area contributed by atoms with E-state index in [0.717, 1.165) is 12.1 Å². The van der Waals surface area contributed by atoms with Crippen molar-refractivity contribution in [3.05, 3.63) is 29.3 Å². The topological polar surface area (TPSA) is 57.5 Å². The first-order valence-corrected chi connectivity index (χ1v) is 4.82. The summed E-state index contributed by atoms with van der Waals surface area (Å²) in [5, 5.41) is 18.6. The van der Waals surface area contributed by atoms with Crippen molar-refractivity contribution >= 4 is 5.97 Å². The molecule has 2 N–H and O–H groups in total. The van der Waals surface area contributed by atoms with Crippen LogP contribution in [0.2, 0.25) is 0 Å². The summed E-state index contributed by atoms with van der Waals surface area (Å²) in [5.74, 6) is -1.38. The zero-order valence-corrected chi connectivity index (χ0v) is 8.28. The Balaban J connectivity index is 2.41. The van der Waals surface area contributed by atoms with Gasteiger partial charge in [-0.1, -0.05) is 12.1 Å². The summed E-state index contributed by atoms with van der Waals surface area (Å²) in [4.78, 5) is 11.0. The molecule has 0 saturated heterocycles. The van der Waals surface area contributed by atoms with Crippen LogP contribution in [0.4, 0.5) is 8.78 Å². The Bertz CT molecular complexity index is 439. The van der Waals surface area contributed by atoms with Crippen LogP contribution in [0.3, 0.4) is 0 Å². The van der Waals surface area contributed by atoms with Crippen molar-refractivity contribution in [3.8, 4) is 5.75 Å². The van der Waals surface area contributed by atoms with Crippen LogP contribution in [0.15, 0.2) is 18.2 Å². The van der Waals surface area contributed by atoms with Crippen molar-refractivity contribution in [2.45, 2.75) is 24.7 Å². The van der Waals surface area contributed by atoms with Gasteiger partial charge in [0.1, 0.15) is 5.75 Å². The van der Waals surface area contributed by atoms with E-state index in [9.17, 15) is 18.7 Å². The Morgan fingerprint density at radius 3 is 2.38 bits per heavy atom. The molecule has 0 aromatic heterocycles. The molecule has 0 unspecified atom stereocenters. The molecule has 1 aliphatic carbocycles. The lowest BCUT2D eigenvalue weighted by Crippen LogP contribution is -2.19. The maximum atomic E-state index is 12.3. The molecule has 0 amide bonds. The number of phenolic OH excluding ortho intramolecular Hbond substituents is 1. The van der Waals surface area contributed by atoms with E-state index in [0.29, 0.717) is 12.8 Å². The van der Waals surface area contributed by atoms with Crippen LogP contribution in [0.25, 0.3) is 0 Å². The fraction of sp³-hybridized carbons (Fsp3) is 0.364.